The number of hydrogen-bond donors (Lipinski definition) is 0. The molecule has 3 nitrogen and oxygen atoms in total. The van der Waals surface area contributed by atoms with Crippen LogP contribution in [0.1, 0.15) is 22.3 Å². The largest absolute Gasteiger partial charge is 0.493 e. The van der Waals surface area contributed by atoms with Gasteiger partial charge in [0.15, 0.2) is 6.29 Å². The van der Waals surface area contributed by atoms with Crippen molar-refractivity contribution in [3.8, 4) is 16.9 Å². The van der Waals surface area contributed by atoms with Crippen LogP contribution in [0, 0.1) is 6.92 Å². The van der Waals surface area contributed by atoms with Crippen LogP contribution in [0.25, 0.3) is 11.1 Å². The number of carbonyl (C=O) groups is 1. The van der Waals surface area contributed by atoms with E-state index in [1.165, 1.54) is 5.56 Å². The molecule has 3 heteroatoms. The number of nitrogens with zero attached hydrogens (tertiary/aromatic N) is 1. The van der Waals surface area contributed by atoms with Gasteiger partial charge in [0.25, 0.3) is 0 Å². The fourth-order valence-electron chi connectivity index (χ4n) is 2.40. The number of aldehydes is 1. The summed E-state index contributed by atoms with van der Waals surface area (Å²) < 4.78 is 5.74. The molecule has 0 unspecified atom stereocenters. The van der Waals surface area contributed by atoms with Gasteiger partial charge in [0, 0.05) is 6.54 Å². The highest BCUT2D eigenvalue weighted by Gasteiger charge is 2.07. The molecular weight excluding hydrogens is 274 g/mol. The molecule has 0 heterocycles. The van der Waals surface area contributed by atoms with Crippen LogP contribution >= 0.6 is 0 Å². The van der Waals surface area contributed by atoms with Crippen molar-refractivity contribution in [1.29, 1.82) is 0 Å². The van der Waals surface area contributed by atoms with Crippen LogP contribution in [0.15, 0.2) is 42.5 Å². The molecule has 0 amide bonds. The molecule has 0 aliphatic carbocycles. The van der Waals surface area contributed by atoms with E-state index in [2.05, 4.69) is 24.0 Å². The third-order valence-corrected chi connectivity index (χ3v) is 3.60. The molecule has 22 heavy (non-hydrogen) atoms. The molecule has 0 aliphatic heterocycles. The van der Waals surface area contributed by atoms with Gasteiger partial charge in [-0.3, -0.25) is 4.79 Å². The van der Waals surface area contributed by atoms with E-state index in [0.717, 1.165) is 30.4 Å². The minimum absolute atomic E-state index is 0.602. The van der Waals surface area contributed by atoms with E-state index in [1.807, 2.05) is 44.4 Å². The Balaban J connectivity index is 2.14. The molecule has 0 spiro atoms. The summed E-state index contributed by atoms with van der Waals surface area (Å²) in [5.41, 5.74) is 3.98. The van der Waals surface area contributed by atoms with Crippen molar-refractivity contribution < 1.29 is 9.53 Å². The molecule has 0 aromatic heterocycles. The second-order valence-corrected chi connectivity index (χ2v) is 5.69. The zero-order chi connectivity index (χ0) is 15.9. The summed E-state index contributed by atoms with van der Waals surface area (Å²) in [7, 11) is 4.07. The molecule has 0 saturated heterocycles. The zero-order valence-corrected chi connectivity index (χ0v) is 13.5. The molecule has 0 bridgehead atoms. The van der Waals surface area contributed by atoms with E-state index in [4.69, 9.17) is 4.74 Å². The minimum atomic E-state index is 0.602. The van der Waals surface area contributed by atoms with Gasteiger partial charge in [-0.25, -0.2) is 0 Å². The van der Waals surface area contributed by atoms with Crippen LogP contribution in [0.4, 0.5) is 0 Å². The van der Waals surface area contributed by atoms with E-state index in [9.17, 15) is 4.79 Å². The van der Waals surface area contributed by atoms with Gasteiger partial charge in [-0.05, 0) is 56.3 Å². The summed E-state index contributed by atoms with van der Waals surface area (Å²) in [4.78, 5) is 13.5. The summed E-state index contributed by atoms with van der Waals surface area (Å²) in [6, 6.07) is 14.0. The van der Waals surface area contributed by atoms with E-state index in [1.54, 1.807) is 0 Å². The maximum absolute atomic E-state index is 11.3. The van der Waals surface area contributed by atoms with Crippen LogP contribution < -0.4 is 4.74 Å². The maximum atomic E-state index is 11.3. The van der Waals surface area contributed by atoms with Crippen LogP contribution in [0.5, 0.6) is 5.75 Å². The Hall–Kier alpha value is -2.13. The molecule has 116 valence electrons. The Morgan fingerprint density at radius 3 is 2.59 bits per heavy atom. The lowest BCUT2D eigenvalue weighted by atomic mass is 9.99. The van der Waals surface area contributed by atoms with Crippen molar-refractivity contribution in [3.05, 3.63) is 53.6 Å². The van der Waals surface area contributed by atoms with E-state index >= 15 is 0 Å². The average Bonchev–Trinajstić information content (AvgIpc) is 2.52. The predicted molar refractivity (Wildman–Crippen MR) is 90.7 cm³/mol. The van der Waals surface area contributed by atoms with Crippen molar-refractivity contribution >= 4 is 6.29 Å². The average molecular weight is 297 g/mol. The maximum Gasteiger partial charge on any atom is 0.153 e. The van der Waals surface area contributed by atoms with Crippen LogP contribution in [-0.4, -0.2) is 38.4 Å². The monoisotopic (exact) mass is 297 g/mol. The molecule has 0 N–H and O–H groups in total. The van der Waals surface area contributed by atoms with Gasteiger partial charge in [0.2, 0.25) is 0 Å². The van der Waals surface area contributed by atoms with E-state index in [0.29, 0.717) is 17.9 Å². The minimum Gasteiger partial charge on any atom is -0.493 e. The number of carbonyl (C=O) groups excluding carboxylic acids is 1. The van der Waals surface area contributed by atoms with Crippen molar-refractivity contribution in [2.24, 2.45) is 0 Å². The number of rotatable bonds is 7. The first kappa shape index (κ1) is 16.2. The molecule has 0 atom stereocenters. The molecule has 0 radical (unpaired) electrons. The summed E-state index contributed by atoms with van der Waals surface area (Å²) in [6.45, 7) is 3.65. The van der Waals surface area contributed by atoms with Gasteiger partial charge in [-0.1, -0.05) is 30.3 Å². The number of aryl methyl sites for hydroxylation is 1. The third kappa shape index (κ3) is 4.18. The highest BCUT2D eigenvalue weighted by Crippen LogP contribution is 2.28. The number of ether oxygens (including phenoxy) is 1. The first-order valence-corrected chi connectivity index (χ1v) is 7.54. The zero-order valence-electron chi connectivity index (χ0n) is 13.5. The highest BCUT2D eigenvalue weighted by atomic mass is 16.5. The lowest BCUT2D eigenvalue weighted by Gasteiger charge is -2.13. The normalized spacial score (nSPS) is 10.7. The molecular formula is C19H23NO2. The van der Waals surface area contributed by atoms with E-state index < -0.39 is 0 Å². The van der Waals surface area contributed by atoms with Gasteiger partial charge in [0.05, 0.1) is 12.2 Å². The Kier molecular flexibility index (Phi) is 5.73. The van der Waals surface area contributed by atoms with Crippen molar-refractivity contribution in [2.45, 2.75) is 13.3 Å². The Morgan fingerprint density at radius 2 is 1.91 bits per heavy atom. The first-order chi connectivity index (χ1) is 10.6. The summed E-state index contributed by atoms with van der Waals surface area (Å²) in [5, 5.41) is 0. The standard InChI is InChI=1S/C19H23NO2/c1-15-7-4-5-8-18(15)16-9-10-19(17(13-16)14-21)22-12-6-11-20(2)3/h4-5,7-10,13-14H,6,11-12H2,1-3H3. The Morgan fingerprint density at radius 1 is 1.14 bits per heavy atom. The van der Waals surface area contributed by atoms with Crippen molar-refractivity contribution in [2.75, 3.05) is 27.2 Å². The molecule has 2 aromatic rings. The fraction of sp³-hybridized carbons (Fsp3) is 0.316. The molecule has 0 saturated carbocycles. The smallest absolute Gasteiger partial charge is 0.153 e. The quantitative estimate of drug-likeness (QED) is 0.575. The SMILES string of the molecule is Cc1ccccc1-c1ccc(OCCCN(C)C)c(C=O)c1. The second-order valence-electron chi connectivity index (χ2n) is 5.69. The Bertz CT molecular complexity index is 635. The molecule has 2 rings (SSSR count). The lowest BCUT2D eigenvalue weighted by Crippen LogP contribution is -2.15. The van der Waals surface area contributed by atoms with Gasteiger partial charge in [-0.2, -0.15) is 0 Å². The summed E-state index contributed by atoms with van der Waals surface area (Å²) in [5.74, 6) is 0.658. The van der Waals surface area contributed by atoms with Crippen molar-refractivity contribution in [1.82, 2.24) is 4.90 Å². The summed E-state index contributed by atoms with van der Waals surface area (Å²) in [6.07, 6.45) is 1.80. The van der Waals surface area contributed by atoms with E-state index in [-0.39, 0.29) is 0 Å². The molecule has 2 aromatic carbocycles. The van der Waals surface area contributed by atoms with Crippen molar-refractivity contribution in [3.63, 3.8) is 0 Å². The lowest BCUT2D eigenvalue weighted by molar-refractivity contribution is 0.111. The van der Waals surface area contributed by atoms with Crippen LogP contribution in [0.2, 0.25) is 0 Å². The van der Waals surface area contributed by atoms with Gasteiger partial charge < -0.3 is 9.64 Å². The van der Waals surface area contributed by atoms with Crippen LogP contribution in [0.3, 0.4) is 0 Å². The second kappa shape index (κ2) is 7.76. The summed E-state index contributed by atoms with van der Waals surface area (Å²) >= 11 is 0. The van der Waals surface area contributed by atoms with Crippen LogP contribution in [-0.2, 0) is 0 Å². The molecule has 0 fully saturated rings. The highest BCUT2D eigenvalue weighted by molar-refractivity contribution is 5.83. The Labute approximate surface area is 132 Å². The molecule has 0 aliphatic rings. The number of hydrogen-bond acceptors (Lipinski definition) is 3. The topological polar surface area (TPSA) is 29.5 Å². The first-order valence-electron chi connectivity index (χ1n) is 7.54. The van der Waals surface area contributed by atoms with Gasteiger partial charge in [-0.15, -0.1) is 0 Å². The van der Waals surface area contributed by atoms with Gasteiger partial charge >= 0.3 is 0 Å². The predicted octanol–water partition coefficient (Wildman–Crippen LogP) is 3.81. The van der Waals surface area contributed by atoms with Gasteiger partial charge in [0.1, 0.15) is 5.75 Å². The fourth-order valence-corrected chi connectivity index (χ4v) is 2.40. The number of benzene rings is 2. The third-order valence-electron chi connectivity index (χ3n) is 3.60.